The highest BCUT2D eigenvalue weighted by Gasteiger charge is 2.27. The number of alkyl carbamates (subject to hydrolysis) is 1. The molecule has 3 aromatic rings. The first-order valence-corrected chi connectivity index (χ1v) is 11.4. The lowest BCUT2D eigenvalue weighted by molar-refractivity contribution is 0.0803. The molecule has 0 saturated carbocycles. The van der Waals surface area contributed by atoms with Crippen LogP contribution in [0.15, 0.2) is 42.5 Å². The second kappa shape index (κ2) is 9.23. The Bertz CT molecular complexity index is 1170. The lowest BCUT2D eigenvalue weighted by atomic mass is 10.0. The second-order valence-electron chi connectivity index (χ2n) is 8.73. The fourth-order valence-corrected chi connectivity index (χ4v) is 4.49. The zero-order valence-corrected chi connectivity index (χ0v) is 18.7. The summed E-state index contributed by atoms with van der Waals surface area (Å²) in [5.74, 6) is 1.44. The Morgan fingerprint density at radius 3 is 2.94 bits per heavy atom. The minimum absolute atomic E-state index is 0. The van der Waals surface area contributed by atoms with Crippen molar-refractivity contribution >= 4 is 22.8 Å². The number of piperidine rings is 1. The Kier molecular flexibility index (Phi) is 6.00. The standard InChI is InChI=1S/C25H28N4O4.2H2/c1-16-8-9-19-21(13-16)27-23(20-6-2-3-7-22(20)30)28-24(19)29-11-4-5-17(14-29)26-25(31)33-18-10-12-32-15-18;;/h2-3,6-9,13,17-18,30H,4-5,10-12,14-15H2,1H3,(H,26,31);2*1H/t17-,18+;;/m0../s1. The number of nitrogens with one attached hydrogen (secondary N) is 1. The Morgan fingerprint density at radius 1 is 1.24 bits per heavy atom. The van der Waals surface area contributed by atoms with Crippen molar-refractivity contribution < 1.29 is 22.2 Å². The molecule has 2 aromatic carbocycles. The molecular formula is C25H32N4O4. The maximum absolute atomic E-state index is 12.4. The first kappa shape index (κ1) is 21.5. The molecule has 1 aromatic heterocycles. The number of aromatic hydroxyl groups is 1. The summed E-state index contributed by atoms with van der Waals surface area (Å²) in [5.41, 5.74) is 2.53. The molecule has 2 aliphatic rings. The number of phenols is 1. The molecule has 2 fully saturated rings. The Balaban J connectivity index is 0.00000171. The van der Waals surface area contributed by atoms with E-state index in [9.17, 15) is 9.90 Å². The SMILES string of the molecule is Cc1ccc2c(N3CCC[C@H](NC(=O)O[C@@H]4CCOC4)C3)nc(-c3ccccc3O)nc2c1.[HH].[HH]. The topological polar surface area (TPSA) is 96.8 Å². The van der Waals surface area contributed by atoms with Gasteiger partial charge in [0.25, 0.3) is 0 Å². The van der Waals surface area contributed by atoms with Crippen LogP contribution in [0.25, 0.3) is 22.3 Å². The Morgan fingerprint density at radius 2 is 2.12 bits per heavy atom. The van der Waals surface area contributed by atoms with Crippen molar-refractivity contribution in [3.05, 3.63) is 48.0 Å². The molecule has 8 heteroatoms. The minimum atomic E-state index is -0.393. The number of aromatic nitrogens is 2. The van der Waals surface area contributed by atoms with Gasteiger partial charge in [0.1, 0.15) is 17.7 Å². The number of benzene rings is 2. The molecule has 2 aliphatic heterocycles. The highest BCUT2D eigenvalue weighted by Crippen LogP contribution is 2.33. The second-order valence-corrected chi connectivity index (χ2v) is 8.73. The summed E-state index contributed by atoms with van der Waals surface area (Å²) in [5, 5.41) is 14.4. The van der Waals surface area contributed by atoms with Gasteiger partial charge in [0.15, 0.2) is 5.82 Å². The minimum Gasteiger partial charge on any atom is -0.507 e. The lowest BCUT2D eigenvalue weighted by Gasteiger charge is -2.34. The van der Waals surface area contributed by atoms with Crippen LogP contribution in [0.5, 0.6) is 5.75 Å². The number of anilines is 1. The number of phenolic OH excluding ortho intramolecular Hbond substituents is 1. The van der Waals surface area contributed by atoms with E-state index in [1.54, 1.807) is 12.1 Å². The van der Waals surface area contributed by atoms with Gasteiger partial charge in [0.2, 0.25) is 0 Å². The van der Waals surface area contributed by atoms with Crippen LogP contribution < -0.4 is 10.2 Å². The van der Waals surface area contributed by atoms with Gasteiger partial charge in [-0.2, -0.15) is 0 Å². The van der Waals surface area contributed by atoms with E-state index in [1.165, 1.54) is 0 Å². The van der Waals surface area contributed by atoms with Gasteiger partial charge < -0.3 is 24.8 Å². The zero-order valence-electron chi connectivity index (χ0n) is 18.7. The number of nitrogens with zero attached hydrogens (tertiary/aromatic N) is 3. The van der Waals surface area contributed by atoms with E-state index < -0.39 is 6.09 Å². The first-order valence-electron chi connectivity index (χ1n) is 11.4. The predicted molar refractivity (Wildman–Crippen MR) is 130 cm³/mol. The van der Waals surface area contributed by atoms with E-state index in [2.05, 4.69) is 16.3 Å². The molecule has 33 heavy (non-hydrogen) atoms. The van der Waals surface area contributed by atoms with E-state index in [-0.39, 0.29) is 20.7 Å². The van der Waals surface area contributed by atoms with Crippen molar-refractivity contribution in [1.82, 2.24) is 15.3 Å². The first-order chi connectivity index (χ1) is 16.1. The van der Waals surface area contributed by atoms with Gasteiger partial charge in [-0.05, 0) is 49.6 Å². The van der Waals surface area contributed by atoms with Crippen LogP contribution in [0.3, 0.4) is 0 Å². The van der Waals surface area contributed by atoms with Crippen molar-refractivity contribution in [3.8, 4) is 17.1 Å². The maximum Gasteiger partial charge on any atom is 0.407 e. The number of hydrogen-bond acceptors (Lipinski definition) is 7. The average Bonchev–Trinajstić information content (AvgIpc) is 3.31. The van der Waals surface area contributed by atoms with E-state index in [0.717, 1.165) is 48.1 Å². The number of rotatable bonds is 4. The van der Waals surface area contributed by atoms with Crippen molar-refractivity contribution in [1.29, 1.82) is 0 Å². The van der Waals surface area contributed by atoms with Gasteiger partial charge in [-0.3, -0.25) is 0 Å². The van der Waals surface area contributed by atoms with Gasteiger partial charge in [-0.25, -0.2) is 14.8 Å². The molecule has 5 rings (SSSR count). The molecular weight excluding hydrogens is 420 g/mol. The molecule has 3 heterocycles. The quantitative estimate of drug-likeness (QED) is 0.610. The van der Waals surface area contributed by atoms with Gasteiger partial charge in [0.05, 0.1) is 24.3 Å². The van der Waals surface area contributed by atoms with Crippen molar-refractivity contribution in [2.45, 2.75) is 38.3 Å². The van der Waals surface area contributed by atoms with E-state index >= 15 is 0 Å². The number of fused-ring (bicyclic) bond motifs is 1. The number of amides is 1. The molecule has 0 bridgehead atoms. The van der Waals surface area contributed by atoms with Crippen LogP contribution in [0.2, 0.25) is 0 Å². The molecule has 8 nitrogen and oxygen atoms in total. The monoisotopic (exact) mass is 452 g/mol. The Labute approximate surface area is 195 Å². The maximum atomic E-state index is 12.4. The number of carbonyl (C=O) groups excluding carboxylic acids is 1. The van der Waals surface area contributed by atoms with Crippen LogP contribution in [0, 0.1) is 6.92 Å². The molecule has 2 atom stereocenters. The number of carbonyl (C=O) groups is 1. The van der Waals surface area contributed by atoms with E-state index in [4.69, 9.17) is 19.4 Å². The molecule has 0 spiro atoms. The summed E-state index contributed by atoms with van der Waals surface area (Å²) < 4.78 is 10.8. The van der Waals surface area contributed by atoms with Gasteiger partial charge in [-0.15, -0.1) is 0 Å². The van der Waals surface area contributed by atoms with Gasteiger partial charge in [-0.1, -0.05) is 18.2 Å². The largest absolute Gasteiger partial charge is 0.507 e. The summed E-state index contributed by atoms with van der Waals surface area (Å²) in [7, 11) is 0. The van der Waals surface area contributed by atoms with Gasteiger partial charge >= 0.3 is 6.09 Å². The van der Waals surface area contributed by atoms with Crippen molar-refractivity contribution in [2.24, 2.45) is 0 Å². The predicted octanol–water partition coefficient (Wildman–Crippen LogP) is 4.29. The highest BCUT2D eigenvalue weighted by molar-refractivity contribution is 5.92. The number of hydrogen-bond donors (Lipinski definition) is 2. The molecule has 1 amide bonds. The molecule has 0 radical (unpaired) electrons. The van der Waals surface area contributed by atoms with Crippen LogP contribution in [-0.4, -0.2) is 59.6 Å². The van der Waals surface area contributed by atoms with Crippen LogP contribution in [0.1, 0.15) is 27.7 Å². The van der Waals surface area contributed by atoms with Gasteiger partial charge in [0, 0.05) is 33.8 Å². The summed E-state index contributed by atoms with van der Waals surface area (Å²) in [6.45, 7) is 4.57. The highest BCUT2D eigenvalue weighted by atomic mass is 16.6. The van der Waals surface area contributed by atoms with E-state index in [1.807, 2.05) is 31.2 Å². The molecule has 176 valence electrons. The molecule has 2 saturated heterocycles. The van der Waals surface area contributed by atoms with Crippen LogP contribution >= 0.6 is 0 Å². The summed E-state index contributed by atoms with van der Waals surface area (Å²) in [4.78, 5) is 24.2. The average molecular weight is 453 g/mol. The summed E-state index contributed by atoms with van der Waals surface area (Å²) in [6, 6.07) is 13.2. The lowest BCUT2D eigenvalue weighted by Crippen LogP contribution is -2.48. The summed E-state index contributed by atoms with van der Waals surface area (Å²) >= 11 is 0. The number of aryl methyl sites for hydroxylation is 1. The summed E-state index contributed by atoms with van der Waals surface area (Å²) in [6.07, 6.45) is 1.98. The Hall–Kier alpha value is -3.39. The number of ether oxygens (including phenoxy) is 2. The van der Waals surface area contributed by atoms with Crippen molar-refractivity contribution in [3.63, 3.8) is 0 Å². The third-order valence-electron chi connectivity index (χ3n) is 6.18. The normalized spacial score (nSPS) is 20.7. The fraction of sp³-hybridized carbons (Fsp3) is 0.400. The molecule has 0 aliphatic carbocycles. The van der Waals surface area contributed by atoms with E-state index in [0.29, 0.717) is 31.1 Å². The third-order valence-corrected chi connectivity index (χ3v) is 6.18. The van der Waals surface area contributed by atoms with Crippen LogP contribution in [0.4, 0.5) is 10.6 Å². The molecule has 2 N–H and O–H groups in total. The smallest absolute Gasteiger partial charge is 0.407 e. The zero-order chi connectivity index (χ0) is 22.8. The van der Waals surface area contributed by atoms with Crippen LogP contribution in [-0.2, 0) is 9.47 Å². The molecule has 0 unspecified atom stereocenters. The third kappa shape index (κ3) is 4.71. The number of para-hydroxylation sites is 1. The fourth-order valence-electron chi connectivity index (χ4n) is 4.49. The van der Waals surface area contributed by atoms with Crippen molar-refractivity contribution in [2.75, 3.05) is 31.2 Å².